The van der Waals surface area contributed by atoms with Crippen LogP contribution >= 0.6 is 0 Å². The number of nitrogens with zero attached hydrogens (tertiary/aromatic N) is 1. The van der Waals surface area contributed by atoms with Crippen LogP contribution in [0.2, 0.25) is 0 Å². The molecular formula is C23H28N2O3. The number of Topliss-reactive ketones (excluding diaryl/α,β-unsaturated/α-hetero) is 3. The van der Waals surface area contributed by atoms with Crippen LogP contribution in [0.1, 0.15) is 79.0 Å². The monoisotopic (exact) mass is 380 g/mol. The molecule has 0 radical (unpaired) electrons. The van der Waals surface area contributed by atoms with Crippen molar-refractivity contribution in [3.05, 3.63) is 40.6 Å². The molecule has 28 heavy (non-hydrogen) atoms. The number of hydrogen-bond acceptors (Lipinski definition) is 5. The highest BCUT2D eigenvalue weighted by Gasteiger charge is 2.39. The zero-order valence-corrected chi connectivity index (χ0v) is 16.6. The molecule has 1 saturated heterocycles. The van der Waals surface area contributed by atoms with Gasteiger partial charge in [0.1, 0.15) is 5.70 Å². The lowest BCUT2D eigenvalue weighted by Gasteiger charge is -2.34. The molecule has 0 aromatic heterocycles. The van der Waals surface area contributed by atoms with E-state index in [1.807, 2.05) is 11.0 Å². The van der Waals surface area contributed by atoms with Gasteiger partial charge in [-0.2, -0.15) is 0 Å². The van der Waals surface area contributed by atoms with Crippen molar-refractivity contribution in [2.75, 3.05) is 18.4 Å². The summed E-state index contributed by atoms with van der Waals surface area (Å²) in [5.74, 6) is -0.814. The first-order chi connectivity index (χ1) is 13.6. The molecule has 0 amide bonds. The van der Waals surface area contributed by atoms with Crippen molar-refractivity contribution < 1.29 is 14.4 Å². The number of carbonyl (C=O) groups excluding carboxylic acids is 3. The van der Waals surface area contributed by atoms with Gasteiger partial charge in [0.25, 0.3) is 0 Å². The predicted octanol–water partition coefficient (Wildman–Crippen LogP) is 4.14. The molecule has 1 N–H and O–H groups in total. The van der Waals surface area contributed by atoms with E-state index in [1.54, 1.807) is 12.1 Å². The molecule has 2 aliphatic carbocycles. The fourth-order valence-electron chi connectivity index (χ4n) is 4.79. The summed E-state index contributed by atoms with van der Waals surface area (Å²) in [5, 5.41) is 3.53. The van der Waals surface area contributed by atoms with Crippen molar-refractivity contribution in [1.82, 2.24) is 4.90 Å². The third-order valence-electron chi connectivity index (χ3n) is 6.20. The van der Waals surface area contributed by atoms with E-state index in [9.17, 15) is 14.4 Å². The maximum absolute atomic E-state index is 13.6. The Balaban J connectivity index is 1.77. The van der Waals surface area contributed by atoms with Crippen molar-refractivity contribution in [3.8, 4) is 0 Å². The molecule has 1 saturated carbocycles. The largest absolute Gasteiger partial charge is 0.382 e. The summed E-state index contributed by atoms with van der Waals surface area (Å²) in [5.41, 5.74) is 1.93. The molecule has 1 heterocycles. The Hall–Kier alpha value is -2.43. The number of fused-ring (bicyclic) bond motifs is 1. The van der Waals surface area contributed by atoms with Gasteiger partial charge in [-0.25, -0.2) is 0 Å². The number of nitrogens with one attached hydrogen (secondary N) is 1. The van der Waals surface area contributed by atoms with Crippen molar-refractivity contribution in [1.29, 1.82) is 0 Å². The minimum Gasteiger partial charge on any atom is -0.382 e. The van der Waals surface area contributed by atoms with Crippen LogP contribution in [0.4, 0.5) is 5.69 Å². The second kappa shape index (κ2) is 7.90. The molecule has 0 unspecified atom stereocenters. The molecule has 5 heteroatoms. The average Bonchev–Trinajstić information content (AvgIpc) is 2.71. The zero-order valence-electron chi connectivity index (χ0n) is 16.6. The molecule has 148 valence electrons. The third-order valence-corrected chi connectivity index (χ3v) is 6.20. The highest BCUT2D eigenvalue weighted by Crippen LogP contribution is 2.35. The highest BCUT2D eigenvalue weighted by molar-refractivity contribution is 6.37. The van der Waals surface area contributed by atoms with Crippen molar-refractivity contribution in [3.63, 3.8) is 0 Å². The minimum atomic E-state index is -0.324. The topological polar surface area (TPSA) is 66.5 Å². The first-order valence-electron chi connectivity index (χ1n) is 10.6. The zero-order chi connectivity index (χ0) is 19.7. The number of benzene rings is 1. The van der Waals surface area contributed by atoms with Crippen LogP contribution in [0.5, 0.6) is 0 Å². The molecule has 3 aliphatic rings. The fraction of sp³-hybridized carbons (Fsp3) is 0.522. The van der Waals surface area contributed by atoms with E-state index in [4.69, 9.17) is 0 Å². The number of hydrogen-bond donors (Lipinski definition) is 1. The van der Waals surface area contributed by atoms with E-state index < -0.39 is 0 Å². The minimum absolute atomic E-state index is 0.0641. The van der Waals surface area contributed by atoms with Crippen LogP contribution in [-0.2, 0) is 4.79 Å². The van der Waals surface area contributed by atoms with Crippen LogP contribution in [0.3, 0.4) is 0 Å². The SMILES string of the molecule is CC(=O)C1=C(N2CCCCC2)C(=O)c2c(NC3CCCCC3)cccc2C1=O. The lowest BCUT2D eigenvalue weighted by Crippen LogP contribution is -2.39. The van der Waals surface area contributed by atoms with Gasteiger partial charge >= 0.3 is 0 Å². The number of carbonyl (C=O) groups is 3. The Morgan fingerprint density at radius 3 is 2.32 bits per heavy atom. The van der Waals surface area contributed by atoms with Gasteiger partial charge in [0.05, 0.1) is 11.1 Å². The van der Waals surface area contributed by atoms with E-state index >= 15 is 0 Å². The molecule has 4 rings (SSSR count). The molecule has 0 bridgehead atoms. The summed E-state index contributed by atoms with van der Waals surface area (Å²) in [6.07, 6.45) is 8.87. The molecule has 1 aliphatic heterocycles. The third kappa shape index (κ3) is 3.38. The summed E-state index contributed by atoms with van der Waals surface area (Å²) < 4.78 is 0. The Labute approximate surface area is 166 Å². The lowest BCUT2D eigenvalue weighted by atomic mass is 9.83. The van der Waals surface area contributed by atoms with Gasteiger partial charge in [0.2, 0.25) is 5.78 Å². The average molecular weight is 380 g/mol. The van der Waals surface area contributed by atoms with Crippen molar-refractivity contribution >= 4 is 23.0 Å². The molecule has 5 nitrogen and oxygen atoms in total. The summed E-state index contributed by atoms with van der Waals surface area (Å²) in [6.45, 7) is 2.83. The van der Waals surface area contributed by atoms with E-state index in [0.29, 0.717) is 22.9 Å². The van der Waals surface area contributed by atoms with Gasteiger partial charge in [0.15, 0.2) is 11.6 Å². The van der Waals surface area contributed by atoms with Crippen LogP contribution in [0.25, 0.3) is 0 Å². The summed E-state index contributed by atoms with van der Waals surface area (Å²) >= 11 is 0. The van der Waals surface area contributed by atoms with Crippen molar-refractivity contribution in [2.45, 2.75) is 64.3 Å². The first-order valence-corrected chi connectivity index (χ1v) is 10.6. The predicted molar refractivity (Wildman–Crippen MR) is 109 cm³/mol. The quantitative estimate of drug-likeness (QED) is 0.795. The van der Waals surface area contributed by atoms with E-state index in [2.05, 4.69) is 5.32 Å². The fourth-order valence-corrected chi connectivity index (χ4v) is 4.79. The Bertz CT molecular complexity index is 843. The van der Waals surface area contributed by atoms with Crippen LogP contribution in [0, 0.1) is 0 Å². The van der Waals surface area contributed by atoms with Gasteiger partial charge in [-0.3, -0.25) is 14.4 Å². The van der Waals surface area contributed by atoms with E-state index in [0.717, 1.165) is 50.9 Å². The van der Waals surface area contributed by atoms with Crippen LogP contribution in [0.15, 0.2) is 29.5 Å². The molecule has 1 aromatic carbocycles. The standard InChI is InChI=1S/C23H28N2O3/c1-15(26)19-21(25-13-6-3-7-14-25)23(28)20-17(22(19)27)11-8-12-18(20)24-16-9-4-2-5-10-16/h8,11-12,16,24H,2-7,9-10,13-14H2,1H3. The van der Waals surface area contributed by atoms with Gasteiger partial charge in [0, 0.05) is 30.4 Å². The van der Waals surface area contributed by atoms with E-state index in [1.165, 1.54) is 26.2 Å². The maximum Gasteiger partial charge on any atom is 0.212 e. The highest BCUT2D eigenvalue weighted by atomic mass is 16.2. The molecule has 0 spiro atoms. The first kappa shape index (κ1) is 18.9. The van der Waals surface area contributed by atoms with Gasteiger partial charge in [-0.15, -0.1) is 0 Å². The van der Waals surface area contributed by atoms with Crippen LogP contribution in [-0.4, -0.2) is 41.4 Å². The number of likely N-dealkylation sites (tertiary alicyclic amines) is 1. The number of allylic oxidation sites excluding steroid dienone is 2. The van der Waals surface area contributed by atoms with Crippen LogP contribution < -0.4 is 5.32 Å². The van der Waals surface area contributed by atoms with Crippen molar-refractivity contribution in [2.24, 2.45) is 0 Å². The van der Waals surface area contributed by atoms with Gasteiger partial charge in [-0.1, -0.05) is 31.4 Å². The Morgan fingerprint density at radius 1 is 0.964 bits per heavy atom. The number of rotatable bonds is 4. The summed E-state index contributed by atoms with van der Waals surface area (Å²) in [7, 11) is 0. The Morgan fingerprint density at radius 2 is 1.64 bits per heavy atom. The number of piperidine rings is 1. The number of ketones is 3. The smallest absolute Gasteiger partial charge is 0.212 e. The lowest BCUT2D eigenvalue weighted by molar-refractivity contribution is -0.113. The second-order valence-electron chi connectivity index (χ2n) is 8.19. The molecule has 1 aromatic rings. The normalized spacial score (nSPS) is 21.0. The Kier molecular flexibility index (Phi) is 5.33. The van der Waals surface area contributed by atoms with Gasteiger partial charge in [-0.05, 0) is 45.1 Å². The molecular weight excluding hydrogens is 352 g/mol. The summed E-state index contributed by atoms with van der Waals surface area (Å²) in [6, 6.07) is 5.71. The molecule has 2 fully saturated rings. The van der Waals surface area contributed by atoms with Gasteiger partial charge < -0.3 is 10.2 Å². The molecule has 0 atom stereocenters. The van der Waals surface area contributed by atoms with E-state index in [-0.39, 0.29) is 22.9 Å². The summed E-state index contributed by atoms with van der Waals surface area (Å²) in [4.78, 5) is 41.1. The second-order valence-corrected chi connectivity index (χ2v) is 8.19. The maximum atomic E-state index is 13.6. The number of anilines is 1.